The second-order valence-corrected chi connectivity index (χ2v) is 7.48. The fraction of sp³-hybridized carbons (Fsp3) is 0.211. The molecule has 1 amide bonds. The maximum Gasteiger partial charge on any atom is 0.260 e. The van der Waals surface area contributed by atoms with E-state index in [1.165, 1.54) is 23.6 Å². The van der Waals surface area contributed by atoms with E-state index >= 15 is 0 Å². The third kappa shape index (κ3) is 3.16. The number of para-hydroxylation sites is 1. The van der Waals surface area contributed by atoms with Gasteiger partial charge in [0.1, 0.15) is 5.69 Å². The highest BCUT2D eigenvalue weighted by molar-refractivity contribution is 7.16. The standard InChI is InChI=1S/C19H16F2N4OS.H2/c1-10-6-7-16-15(8-10)23-19(27-16)24-18(26)12-9-22-25(11(12)2)17-13(20)4-3-5-14(17)21;/h3-7,9-10H,8H2,1-2H3,(H,23,24,26);1H. The first-order valence-electron chi connectivity index (χ1n) is 8.42. The van der Waals surface area contributed by atoms with Crippen LogP contribution in [0, 0.1) is 24.5 Å². The van der Waals surface area contributed by atoms with Gasteiger partial charge < -0.3 is 0 Å². The lowest BCUT2D eigenvalue weighted by Gasteiger charge is -2.08. The molecule has 1 aliphatic rings. The molecular weight excluding hydrogens is 370 g/mol. The van der Waals surface area contributed by atoms with Crippen LogP contribution in [0.3, 0.4) is 0 Å². The minimum absolute atomic E-state index is 0. The molecule has 0 radical (unpaired) electrons. The molecule has 2 aromatic heterocycles. The zero-order valence-corrected chi connectivity index (χ0v) is 15.5. The average Bonchev–Trinajstić information content (AvgIpc) is 3.18. The van der Waals surface area contributed by atoms with E-state index in [1.54, 1.807) is 6.92 Å². The van der Waals surface area contributed by atoms with Gasteiger partial charge in [0.15, 0.2) is 16.8 Å². The van der Waals surface area contributed by atoms with E-state index in [0.29, 0.717) is 16.7 Å². The molecular formula is C19H18F2N4OS. The van der Waals surface area contributed by atoms with Gasteiger partial charge in [0.05, 0.1) is 28.0 Å². The van der Waals surface area contributed by atoms with Gasteiger partial charge in [-0.3, -0.25) is 10.1 Å². The Morgan fingerprint density at radius 3 is 2.85 bits per heavy atom. The molecule has 8 heteroatoms. The SMILES string of the molecule is Cc1c(C(=O)Nc2nc3c(s2)C=CC(C)C3)cnn1-c1c(F)cccc1F.[HH]. The topological polar surface area (TPSA) is 59.8 Å². The number of rotatable bonds is 3. The van der Waals surface area contributed by atoms with Crippen LogP contribution in [0.25, 0.3) is 11.8 Å². The highest BCUT2D eigenvalue weighted by atomic mass is 32.1. The second kappa shape index (κ2) is 6.70. The van der Waals surface area contributed by atoms with E-state index in [4.69, 9.17) is 0 Å². The van der Waals surface area contributed by atoms with Gasteiger partial charge in [-0.15, -0.1) is 0 Å². The number of nitrogens with one attached hydrogen (secondary N) is 1. The largest absolute Gasteiger partial charge is 0.298 e. The quantitative estimate of drug-likeness (QED) is 0.712. The van der Waals surface area contributed by atoms with Crippen molar-refractivity contribution in [1.82, 2.24) is 14.8 Å². The summed E-state index contributed by atoms with van der Waals surface area (Å²) in [6.07, 6.45) is 6.26. The van der Waals surface area contributed by atoms with Gasteiger partial charge in [-0.1, -0.05) is 30.4 Å². The summed E-state index contributed by atoms with van der Waals surface area (Å²) in [6.45, 7) is 3.70. The van der Waals surface area contributed by atoms with Gasteiger partial charge >= 0.3 is 0 Å². The third-order valence-corrected chi connectivity index (χ3v) is 5.42. The number of thiazole rings is 1. The lowest BCUT2D eigenvalue weighted by atomic mass is 10.00. The van der Waals surface area contributed by atoms with Crippen LogP contribution in [0.4, 0.5) is 13.9 Å². The molecule has 5 nitrogen and oxygen atoms in total. The van der Waals surface area contributed by atoms with Gasteiger partial charge in [-0.05, 0) is 37.5 Å². The number of carbonyl (C=O) groups is 1. The van der Waals surface area contributed by atoms with E-state index in [1.807, 2.05) is 6.08 Å². The predicted molar refractivity (Wildman–Crippen MR) is 102 cm³/mol. The van der Waals surface area contributed by atoms with E-state index in [2.05, 4.69) is 28.4 Å². The van der Waals surface area contributed by atoms with Crippen LogP contribution in [0.1, 0.15) is 35.0 Å². The molecule has 1 aromatic carbocycles. The van der Waals surface area contributed by atoms with Crippen molar-refractivity contribution in [3.05, 3.63) is 63.9 Å². The number of carbonyl (C=O) groups excluding carboxylic acids is 1. The Morgan fingerprint density at radius 1 is 1.37 bits per heavy atom. The summed E-state index contributed by atoms with van der Waals surface area (Å²) in [7, 11) is 0. The number of hydrogen-bond donors (Lipinski definition) is 1. The van der Waals surface area contributed by atoms with Crippen LogP contribution in [0.2, 0.25) is 0 Å². The summed E-state index contributed by atoms with van der Waals surface area (Å²) in [4.78, 5) is 18.1. The van der Waals surface area contributed by atoms with Crippen LogP contribution >= 0.6 is 11.3 Å². The molecule has 0 aliphatic heterocycles. The molecule has 1 unspecified atom stereocenters. The van der Waals surface area contributed by atoms with Crippen molar-refractivity contribution in [3.8, 4) is 5.69 Å². The summed E-state index contributed by atoms with van der Waals surface area (Å²) in [6, 6.07) is 3.57. The second-order valence-electron chi connectivity index (χ2n) is 6.45. The molecule has 3 aromatic rings. The normalized spacial score (nSPS) is 15.6. The average molecular weight is 388 g/mol. The number of hydrogen-bond acceptors (Lipinski definition) is 4. The molecule has 0 bridgehead atoms. The van der Waals surface area contributed by atoms with Gasteiger partial charge in [-0.2, -0.15) is 5.10 Å². The van der Waals surface area contributed by atoms with E-state index in [9.17, 15) is 13.6 Å². The summed E-state index contributed by atoms with van der Waals surface area (Å²) in [5, 5.41) is 7.25. The Balaban J connectivity index is 0.00000225. The van der Waals surface area contributed by atoms with Crippen LogP contribution < -0.4 is 5.32 Å². The number of nitrogens with zero attached hydrogens (tertiary/aromatic N) is 3. The van der Waals surface area contributed by atoms with E-state index in [-0.39, 0.29) is 12.7 Å². The zero-order valence-electron chi connectivity index (χ0n) is 14.7. The Kier molecular flexibility index (Phi) is 4.35. The van der Waals surface area contributed by atoms with Crippen LogP contribution in [0.15, 0.2) is 30.5 Å². The van der Waals surface area contributed by atoms with E-state index < -0.39 is 17.5 Å². The summed E-state index contributed by atoms with van der Waals surface area (Å²) < 4.78 is 29.1. The van der Waals surface area contributed by atoms with Gasteiger partial charge in [0.25, 0.3) is 5.91 Å². The van der Waals surface area contributed by atoms with Crippen molar-refractivity contribution in [1.29, 1.82) is 0 Å². The molecule has 1 atom stereocenters. The minimum Gasteiger partial charge on any atom is -0.298 e. The Bertz CT molecular complexity index is 1060. The van der Waals surface area contributed by atoms with Gasteiger partial charge in [-0.25, -0.2) is 18.4 Å². The molecule has 4 rings (SSSR count). The number of amides is 1. The highest BCUT2D eigenvalue weighted by Gasteiger charge is 2.21. The zero-order chi connectivity index (χ0) is 19.1. The Morgan fingerprint density at radius 2 is 2.11 bits per heavy atom. The number of fused-ring (bicyclic) bond motifs is 1. The summed E-state index contributed by atoms with van der Waals surface area (Å²) >= 11 is 1.40. The Labute approximate surface area is 159 Å². The van der Waals surface area contributed by atoms with Crippen molar-refractivity contribution < 1.29 is 15.0 Å². The maximum atomic E-state index is 14.0. The fourth-order valence-corrected chi connectivity index (χ4v) is 3.93. The molecule has 140 valence electrons. The molecule has 0 saturated carbocycles. The monoisotopic (exact) mass is 388 g/mol. The first-order chi connectivity index (χ1) is 12.9. The number of aromatic nitrogens is 3. The van der Waals surface area contributed by atoms with Crippen molar-refractivity contribution >= 4 is 28.5 Å². The van der Waals surface area contributed by atoms with Gasteiger partial charge in [0.2, 0.25) is 0 Å². The molecule has 1 N–H and O–H groups in total. The van der Waals surface area contributed by atoms with Gasteiger partial charge in [0, 0.05) is 1.43 Å². The minimum atomic E-state index is -0.748. The summed E-state index contributed by atoms with van der Waals surface area (Å²) in [5.41, 5.74) is 1.23. The summed E-state index contributed by atoms with van der Waals surface area (Å²) in [5.74, 6) is -1.50. The number of benzene rings is 1. The van der Waals surface area contributed by atoms with E-state index in [0.717, 1.165) is 33.8 Å². The van der Waals surface area contributed by atoms with Crippen molar-refractivity contribution in [2.45, 2.75) is 20.3 Å². The van der Waals surface area contributed by atoms with Crippen LogP contribution in [-0.2, 0) is 6.42 Å². The van der Waals surface area contributed by atoms with Crippen molar-refractivity contribution in [3.63, 3.8) is 0 Å². The predicted octanol–water partition coefficient (Wildman–Crippen LogP) is 4.62. The van der Waals surface area contributed by atoms with Crippen molar-refractivity contribution in [2.24, 2.45) is 5.92 Å². The van der Waals surface area contributed by atoms with Crippen LogP contribution in [-0.4, -0.2) is 20.7 Å². The highest BCUT2D eigenvalue weighted by Crippen LogP contribution is 2.31. The lowest BCUT2D eigenvalue weighted by Crippen LogP contribution is -2.13. The Hall–Kier alpha value is -2.87. The first kappa shape index (κ1) is 17.5. The number of allylic oxidation sites excluding steroid dienone is 1. The number of anilines is 1. The maximum absolute atomic E-state index is 14.0. The first-order valence-corrected chi connectivity index (χ1v) is 9.24. The molecule has 1 aliphatic carbocycles. The molecule has 0 fully saturated rings. The molecule has 2 heterocycles. The third-order valence-electron chi connectivity index (χ3n) is 4.44. The molecule has 0 spiro atoms. The fourth-order valence-electron chi connectivity index (χ4n) is 3.03. The molecule has 27 heavy (non-hydrogen) atoms. The smallest absolute Gasteiger partial charge is 0.260 e. The van der Waals surface area contributed by atoms with Crippen molar-refractivity contribution in [2.75, 3.05) is 5.32 Å². The molecule has 0 saturated heterocycles. The lowest BCUT2D eigenvalue weighted by molar-refractivity contribution is 0.102. The van der Waals surface area contributed by atoms with Crippen LogP contribution in [0.5, 0.6) is 0 Å². The number of halogens is 2.